The predicted molar refractivity (Wildman–Crippen MR) is 142 cm³/mol. The second kappa shape index (κ2) is 18.3. The highest BCUT2D eigenvalue weighted by atomic mass is 16.5. The van der Waals surface area contributed by atoms with Gasteiger partial charge in [-0.05, 0) is 56.7 Å². The fraction of sp³-hybridized carbons (Fsp3) is 0.633. The summed E-state index contributed by atoms with van der Waals surface area (Å²) >= 11 is 0. The van der Waals surface area contributed by atoms with E-state index in [9.17, 15) is 4.79 Å². The van der Waals surface area contributed by atoms with Gasteiger partial charge in [0.2, 0.25) is 0 Å². The molecule has 1 aliphatic rings. The van der Waals surface area contributed by atoms with E-state index in [-0.39, 0.29) is 5.97 Å². The number of esters is 1. The minimum atomic E-state index is -0.135. The SMILES string of the molecule is C=CCCCCCCCCCN1COc2ccc(OC(=O)CCCCCCCCC=C)cc2C1. The first kappa shape index (κ1) is 28.2. The van der Waals surface area contributed by atoms with Crippen molar-refractivity contribution in [2.45, 2.75) is 109 Å². The minimum Gasteiger partial charge on any atom is -0.478 e. The summed E-state index contributed by atoms with van der Waals surface area (Å²) in [5.41, 5.74) is 1.11. The molecule has 1 aliphatic heterocycles. The maximum atomic E-state index is 12.2. The topological polar surface area (TPSA) is 38.8 Å². The van der Waals surface area contributed by atoms with Gasteiger partial charge in [-0.25, -0.2) is 0 Å². The molecule has 0 aliphatic carbocycles. The van der Waals surface area contributed by atoms with Crippen LogP contribution in [-0.4, -0.2) is 24.1 Å². The number of allylic oxidation sites excluding steroid dienone is 2. The number of unbranched alkanes of at least 4 members (excludes halogenated alkanes) is 13. The van der Waals surface area contributed by atoms with Gasteiger partial charge in [0.15, 0.2) is 0 Å². The molecule has 0 bridgehead atoms. The van der Waals surface area contributed by atoms with Gasteiger partial charge in [0.05, 0.1) is 0 Å². The third kappa shape index (κ3) is 12.4. The van der Waals surface area contributed by atoms with E-state index in [4.69, 9.17) is 9.47 Å². The van der Waals surface area contributed by atoms with Crippen LogP contribution >= 0.6 is 0 Å². The normalized spacial score (nSPS) is 13.2. The molecular weight excluding hydrogens is 422 g/mol. The molecule has 0 N–H and O–H groups in total. The van der Waals surface area contributed by atoms with Crippen LogP contribution in [0.25, 0.3) is 0 Å². The van der Waals surface area contributed by atoms with Crippen molar-refractivity contribution in [3.8, 4) is 11.5 Å². The van der Waals surface area contributed by atoms with Gasteiger partial charge in [-0.2, -0.15) is 0 Å². The van der Waals surface area contributed by atoms with E-state index in [1.165, 1.54) is 70.6 Å². The van der Waals surface area contributed by atoms with Crippen LogP contribution in [0.2, 0.25) is 0 Å². The maximum absolute atomic E-state index is 12.2. The molecule has 1 aromatic rings. The van der Waals surface area contributed by atoms with E-state index in [0.717, 1.165) is 50.1 Å². The summed E-state index contributed by atoms with van der Waals surface area (Å²) < 4.78 is 11.5. The number of benzene rings is 1. The Kier molecular flexibility index (Phi) is 15.1. The molecule has 4 heteroatoms. The Hall–Kier alpha value is -2.07. The number of nitrogens with zero attached hydrogens (tertiary/aromatic N) is 1. The Bertz CT molecular complexity index is 715. The number of rotatable bonds is 20. The molecule has 190 valence electrons. The Balaban J connectivity index is 1.59. The summed E-state index contributed by atoms with van der Waals surface area (Å²) in [7, 11) is 0. The van der Waals surface area contributed by atoms with Crippen molar-refractivity contribution in [3.05, 3.63) is 49.1 Å². The van der Waals surface area contributed by atoms with Crippen molar-refractivity contribution >= 4 is 5.97 Å². The molecule has 0 amide bonds. The quantitative estimate of drug-likeness (QED) is 0.0832. The number of fused-ring (bicyclic) bond motifs is 1. The Morgan fingerprint density at radius 2 is 1.44 bits per heavy atom. The summed E-state index contributed by atoms with van der Waals surface area (Å²) in [6, 6.07) is 5.76. The van der Waals surface area contributed by atoms with Gasteiger partial charge < -0.3 is 9.47 Å². The molecule has 0 radical (unpaired) electrons. The van der Waals surface area contributed by atoms with Crippen molar-refractivity contribution in [3.63, 3.8) is 0 Å². The van der Waals surface area contributed by atoms with Crippen LogP contribution in [0.3, 0.4) is 0 Å². The monoisotopic (exact) mass is 469 g/mol. The molecule has 0 saturated carbocycles. The first-order chi connectivity index (χ1) is 16.7. The zero-order valence-electron chi connectivity index (χ0n) is 21.4. The zero-order chi connectivity index (χ0) is 24.3. The van der Waals surface area contributed by atoms with Crippen LogP contribution in [-0.2, 0) is 11.3 Å². The molecule has 0 unspecified atom stereocenters. The second-order valence-corrected chi connectivity index (χ2v) is 9.57. The smallest absolute Gasteiger partial charge is 0.311 e. The Labute approximate surface area is 208 Å². The van der Waals surface area contributed by atoms with Gasteiger partial charge in [0, 0.05) is 25.1 Å². The number of ether oxygens (including phenoxy) is 2. The highest BCUT2D eigenvalue weighted by Gasteiger charge is 2.18. The molecule has 1 heterocycles. The molecule has 0 atom stereocenters. The molecule has 1 aromatic carbocycles. The van der Waals surface area contributed by atoms with Crippen LogP contribution in [0.4, 0.5) is 0 Å². The van der Waals surface area contributed by atoms with Gasteiger partial charge in [-0.15, -0.1) is 13.2 Å². The summed E-state index contributed by atoms with van der Waals surface area (Å²) in [4.78, 5) is 14.6. The predicted octanol–water partition coefficient (Wildman–Crippen LogP) is 8.36. The van der Waals surface area contributed by atoms with Crippen molar-refractivity contribution in [2.75, 3.05) is 13.3 Å². The van der Waals surface area contributed by atoms with Crippen molar-refractivity contribution in [1.29, 1.82) is 0 Å². The summed E-state index contributed by atoms with van der Waals surface area (Å²) in [6.07, 6.45) is 22.7. The van der Waals surface area contributed by atoms with Crippen molar-refractivity contribution in [2.24, 2.45) is 0 Å². The standard InChI is InChI=1S/C30H47NO3/c1-3-5-7-9-11-13-15-17-19-23-31-25-27-24-28(21-22-29(27)33-26-31)34-30(32)20-18-16-14-12-10-8-6-4-2/h3-4,21-22,24H,1-2,5-20,23,25-26H2. The molecular formula is C30H47NO3. The lowest BCUT2D eigenvalue weighted by Gasteiger charge is -2.29. The van der Waals surface area contributed by atoms with Gasteiger partial charge >= 0.3 is 5.97 Å². The summed E-state index contributed by atoms with van der Waals surface area (Å²) in [5.74, 6) is 1.41. The van der Waals surface area contributed by atoms with Crippen LogP contribution in [0.1, 0.15) is 108 Å². The number of carbonyl (C=O) groups is 1. The molecule has 0 fully saturated rings. The lowest BCUT2D eigenvalue weighted by Crippen LogP contribution is -2.32. The fourth-order valence-corrected chi connectivity index (χ4v) is 4.43. The Morgan fingerprint density at radius 1 is 0.853 bits per heavy atom. The lowest BCUT2D eigenvalue weighted by molar-refractivity contribution is -0.134. The molecule has 0 spiro atoms. The van der Waals surface area contributed by atoms with Crippen LogP contribution < -0.4 is 9.47 Å². The fourth-order valence-electron chi connectivity index (χ4n) is 4.43. The van der Waals surface area contributed by atoms with Crippen LogP contribution in [0.5, 0.6) is 11.5 Å². The molecule has 4 nitrogen and oxygen atoms in total. The number of hydrogen-bond donors (Lipinski definition) is 0. The van der Waals surface area contributed by atoms with Crippen molar-refractivity contribution < 1.29 is 14.3 Å². The summed E-state index contributed by atoms with van der Waals surface area (Å²) in [6.45, 7) is 10.1. The summed E-state index contributed by atoms with van der Waals surface area (Å²) in [5, 5.41) is 0. The molecule has 0 aromatic heterocycles. The van der Waals surface area contributed by atoms with Crippen LogP contribution in [0, 0.1) is 0 Å². The average molecular weight is 470 g/mol. The third-order valence-electron chi connectivity index (χ3n) is 6.48. The van der Waals surface area contributed by atoms with Gasteiger partial charge in [-0.3, -0.25) is 9.69 Å². The largest absolute Gasteiger partial charge is 0.478 e. The maximum Gasteiger partial charge on any atom is 0.311 e. The van der Waals surface area contributed by atoms with E-state index in [0.29, 0.717) is 18.9 Å². The molecule has 34 heavy (non-hydrogen) atoms. The van der Waals surface area contributed by atoms with Crippen molar-refractivity contribution in [1.82, 2.24) is 4.90 Å². The third-order valence-corrected chi connectivity index (χ3v) is 6.48. The van der Waals surface area contributed by atoms with Gasteiger partial charge in [-0.1, -0.05) is 69.9 Å². The second-order valence-electron chi connectivity index (χ2n) is 9.57. The van der Waals surface area contributed by atoms with E-state index in [1.54, 1.807) is 0 Å². The van der Waals surface area contributed by atoms with Gasteiger partial charge in [0.1, 0.15) is 18.2 Å². The zero-order valence-corrected chi connectivity index (χ0v) is 21.4. The number of hydrogen-bond acceptors (Lipinski definition) is 4. The molecule has 0 saturated heterocycles. The van der Waals surface area contributed by atoms with Gasteiger partial charge in [0.25, 0.3) is 0 Å². The van der Waals surface area contributed by atoms with E-state index in [1.807, 2.05) is 30.4 Å². The first-order valence-corrected chi connectivity index (χ1v) is 13.6. The first-order valence-electron chi connectivity index (χ1n) is 13.6. The van der Waals surface area contributed by atoms with E-state index < -0.39 is 0 Å². The minimum absolute atomic E-state index is 0.135. The number of carbonyl (C=O) groups excluding carboxylic acids is 1. The average Bonchev–Trinajstić information content (AvgIpc) is 2.84. The van der Waals surface area contributed by atoms with E-state index >= 15 is 0 Å². The highest BCUT2D eigenvalue weighted by molar-refractivity contribution is 5.72. The van der Waals surface area contributed by atoms with Crippen LogP contribution in [0.15, 0.2) is 43.5 Å². The lowest BCUT2D eigenvalue weighted by atomic mass is 10.1. The molecule has 2 rings (SSSR count). The Morgan fingerprint density at radius 3 is 2.09 bits per heavy atom. The van der Waals surface area contributed by atoms with E-state index in [2.05, 4.69) is 18.1 Å². The highest BCUT2D eigenvalue weighted by Crippen LogP contribution is 2.29.